The summed E-state index contributed by atoms with van der Waals surface area (Å²) in [6, 6.07) is 5.72. The van der Waals surface area contributed by atoms with Crippen molar-refractivity contribution >= 4 is 55.6 Å². The molecule has 4 nitrogen and oxygen atoms in total. The minimum absolute atomic E-state index is 0.432. The standard InChI is InChI=1S/C12H12BrIN2O2/c1-12(2,3)18-11(17)16-9-6-7(14)4-5-8(9)15-10(16)13/h4-6H,1-3H3. The molecule has 6 heteroatoms. The van der Waals surface area contributed by atoms with E-state index in [0.717, 1.165) is 14.6 Å². The molecule has 1 aromatic heterocycles. The highest BCUT2D eigenvalue weighted by molar-refractivity contribution is 14.1. The summed E-state index contributed by atoms with van der Waals surface area (Å²) in [5.41, 5.74) is 0.964. The van der Waals surface area contributed by atoms with Crippen LogP contribution in [0.3, 0.4) is 0 Å². The maximum atomic E-state index is 12.1. The molecule has 0 aliphatic rings. The van der Waals surface area contributed by atoms with E-state index in [1.165, 1.54) is 4.57 Å². The normalized spacial score (nSPS) is 11.8. The lowest BCUT2D eigenvalue weighted by Gasteiger charge is -2.19. The van der Waals surface area contributed by atoms with Crippen LogP contribution in [-0.4, -0.2) is 21.2 Å². The van der Waals surface area contributed by atoms with Gasteiger partial charge in [-0.05, 0) is 77.5 Å². The smallest absolute Gasteiger partial charge is 0.421 e. The number of benzene rings is 1. The molecule has 1 aromatic carbocycles. The Morgan fingerprint density at radius 3 is 2.72 bits per heavy atom. The van der Waals surface area contributed by atoms with E-state index in [9.17, 15) is 4.79 Å². The fourth-order valence-electron chi connectivity index (χ4n) is 1.50. The van der Waals surface area contributed by atoms with E-state index in [0.29, 0.717) is 4.73 Å². The number of carbonyl (C=O) groups excluding carboxylic acids is 1. The molecule has 18 heavy (non-hydrogen) atoms. The second kappa shape index (κ2) is 4.80. The zero-order valence-corrected chi connectivity index (χ0v) is 13.9. The van der Waals surface area contributed by atoms with Gasteiger partial charge >= 0.3 is 6.09 Å². The highest BCUT2D eigenvalue weighted by Gasteiger charge is 2.22. The Morgan fingerprint density at radius 1 is 1.44 bits per heavy atom. The van der Waals surface area contributed by atoms with Gasteiger partial charge in [0.2, 0.25) is 0 Å². The molecule has 0 aliphatic heterocycles. The fourth-order valence-corrected chi connectivity index (χ4v) is 2.50. The number of aromatic nitrogens is 2. The van der Waals surface area contributed by atoms with Gasteiger partial charge in [-0.3, -0.25) is 0 Å². The first-order valence-corrected chi connectivity index (χ1v) is 7.22. The Labute approximate surface area is 127 Å². The lowest BCUT2D eigenvalue weighted by molar-refractivity contribution is 0.0540. The molecule has 2 rings (SSSR count). The van der Waals surface area contributed by atoms with Crippen molar-refractivity contribution in [1.82, 2.24) is 9.55 Å². The molecule has 0 saturated carbocycles. The van der Waals surface area contributed by atoms with E-state index in [-0.39, 0.29) is 0 Å². The minimum atomic E-state index is -0.533. The zero-order valence-electron chi connectivity index (χ0n) is 10.2. The van der Waals surface area contributed by atoms with Gasteiger partial charge in [-0.1, -0.05) is 0 Å². The van der Waals surface area contributed by atoms with Crippen LogP contribution in [0, 0.1) is 3.57 Å². The van der Waals surface area contributed by atoms with Crippen LogP contribution in [0.25, 0.3) is 11.0 Å². The van der Waals surface area contributed by atoms with Crippen LogP contribution in [0.15, 0.2) is 22.9 Å². The monoisotopic (exact) mass is 422 g/mol. The van der Waals surface area contributed by atoms with Gasteiger partial charge < -0.3 is 4.74 Å². The van der Waals surface area contributed by atoms with E-state index in [1.54, 1.807) is 0 Å². The third-order valence-electron chi connectivity index (χ3n) is 2.15. The molecule has 96 valence electrons. The molecule has 0 radical (unpaired) electrons. The average Bonchev–Trinajstić information content (AvgIpc) is 2.50. The first-order chi connectivity index (χ1) is 8.28. The van der Waals surface area contributed by atoms with Gasteiger partial charge in [0.05, 0.1) is 11.0 Å². The summed E-state index contributed by atoms with van der Waals surface area (Å²) in [5, 5.41) is 0. The summed E-state index contributed by atoms with van der Waals surface area (Å²) < 4.78 is 8.29. The number of imidazole rings is 1. The molecule has 0 spiro atoms. The highest BCUT2D eigenvalue weighted by atomic mass is 127. The summed E-state index contributed by atoms with van der Waals surface area (Å²) in [4.78, 5) is 16.4. The van der Waals surface area contributed by atoms with Crippen molar-refractivity contribution in [2.75, 3.05) is 0 Å². The second-order valence-electron chi connectivity index (χ2n) is 4.83. The van der Waals surface area contributed by atoms with Crippen LogP contribution in [0.1, 0.15) is 20.8 Å². The van der Waals surface area contributed by atoms with Gasteiger partial charge in [-0.25, -0.2) is 14.3 Å². The summed E-state index contributed by atoms with van der Waals surface area (Å²) in [5.74, 6) is 0. The van der Waals surface area contributed by atoms with Crippen LogP contribution in [0.2, 0.25) is 0 Å². The number of rotatable bonds is 0. The van der Waals surface area contributed by atoms with Crippen LogP contribution >= 0.6 is 38.5 Å². The van der Waals surface area contributed by atoms with E-state index in [4.69, 9.17) is 4.74 Å². The highest BCUT2D eigenvalue weighted by Crippen LogP contribution is 2.23. The summed E-state index contributed by atoms with van der Waals surface area (Å²) in [6.07, 6.45) is -0.432. The van der Waals surface area contributed by atoms with E-state index in [1.807, 2.05) is 39.0 Å². The third-order valence-corrected chi connectivity index (χ3v) is 3.35. The van der Waals surface area contributed by atoms with Crippen LogP contribution in [0.5, 0.6) is 0 Å². The number of carbonyl (C=O) groups is 1. The minimum Gasteiger partial charge on any atom is -0.443 e. The maximum absolute atomic E-state index is 12.1. The molecule has 0 unspecified atom stereocenters. The maximum Gasteiger partial charge on any atom is 0.421 e. The summed E-state index contributed by atoms with van der Waals surface area (Å²) >= 11 is 5.49. The summed E-state index contributed by atoms with van der Waals surface area (Å²) in [7, 11) is 0. The van der Waals surface area contributed by atoms with Crippen molar-refractivity contribution in [2.24, 2.45) is 0 Å². The number of fused-ring (bicyclic) bond motifs is 1. The van der Waals surface area contributed by atoms with Gasteiger partial charge in [-0.15, -0.1) is 0 Å². The number of hydrogen-bond donors (Lipinski definition) is 0. The molecule has 0 saturated heterocycles. The Kier molecular flexibility index (Phi) is 3.68. The molecule has 0 fully saturated rings. The Hall–Kier alpha value is -0.630. The van der Waals surface area contributed by atoms with Crippen molar-refractivity contribution in [3.8, 4) is 0 Å². The van der Waals surface area contributed by atoms with Crippen molar-refractivity contribution in [2.45, 2.75) is 26.4 Å². The quantitative estimate of drug-likeness (QED) is 0.598. The topological polar surface area (TPSA) is 44.1 Å². The Morgan fingerprint density at radius 2 is 2.11 bits per heavy atom. The van der Waals surface area contributed by atoms with Crippen LogP contribution < -0.4 is 0 Å². The number of hydrogen-bond acceptors (Lipinski definition) is 3. The molecule has 1 heterocycles. The SMILES string of the molecule is CC(C)(C)OC(=O)n1c(Br)nc2ccc(I)cc21. The lowest BCUT2D eigenvalue weighted by atomic mass is 10.2. The van der Waals surface area contributed by atoms with Gasteiger partial charge in [-0.2, -0.15) is 0 Å². The Balaban J connectivity index is 2.53. The van der Waals surface area contributed by atoms with Crippen molar-refractivity contribution < 1.29 is 9.53 Å². The predicted molar refractivity (Wildman–Crippen MR) is 81.8 cm³/mol. The van der Waals surface area contributed by atoms with Crippen molar-refractivity contribution in [3.63, 3.8) is 0 Å². The lowest BCUT2D eigenvalue weighted by Crippen LogP contribution is -2.27. The van der Waals surface area contributed by atoms with Gasteiger partial charge in [0.15, 0.2) is 4.73 Å². The van der Waals surface area contributed by atoms with Crippen LogP contribution in [-0.2, 0) is 4.74 Å². The average molecular weight is 423 g/mol. The summed E-state index contributed by atoms with van der Waals surface area (Å²) in [6.45, 7) is 5.51. The van der Waals surface area contributed by atoms with E-state index < -0.39 is 11.7 Å². The second-order valence-corrected chi connectivity index (χ2v) is 6.78. The van der Waals surface area contributed by atoms with Crippen molar-refractivity contribution in [3.05, 3.63) is 26.5 Å². The first kappa shape index (κ1) is 13.8. The number of halogens is 2. The molecular weight excluding hydrogens is 411 g/mol. The third kappa shape index (κ3) is 2.85. The van der Waals surface area contributed by atoms with E-state index in [2.05, 4.69) is 43.5 Å². The first-order valence-electron chi connectivity index (χ1n) is 5.35. The largest absolute Gasteiger partial charge is 0.443 e. The van der Waals surface area contributed by atoms with Gasteiger partial charge in [0, 0.05) is 3.57 Å². The van der Waals surface area contributed by atoms with Crippen LogP contribution in [0.4, 0.5) is 4.79 Å². The van der Waals surface area contributed by atoms with Crippen molar-refractivity contribution in [1.29, 1.82) is 0 Å². The van der Waals surface area contributed by atoms with Gasteiger partial charge in [0.25, 0.3) is 0 Å². The molecule has 2 aromatic rings. The molecule has 0 atom stereocenters. The fraction of sp³-hybridized carbons (Fsp3) is 0.333. The molecule has 0 aliphatic carbocycles. The number of ether oxygens (including phenoxy) is 1. The molecular formula is C12H12BrIN2O2. The molecule has 0 bridgehead atoms. The number of nitrogens with zero attached hydrogens (tertiary/aromatic N) is 2. The predicted octanol–water partition coefficient (Wildman–Crippen LogP) is 4.19. The zero-order chi connectivity index (χ0) is 13.5. The Bertz CT molecular complexity index is 616. The molecule has 0 amide bonds. The van der Waals surface area contributed by atoms with Gasteiger partial charge in [0.1, 0.15) is 5.60 Å². The van der Waals surface area contributed by atoms with E-state index >= 15 is 0 Å². The molecule has 0 N–H and O–H groups in total.